The molecule has 1 rings (SSSR count). The molecule has 6 nitrogen and oxygen atoms in total. The molecule has 1 aliphatic heterocycles. The lowest BCUT2D eigenvalue weighted by Crippen LogP contribution is -2.35. The zero-order valence-electron chi connectivity index (χ0n) is 10.0. The Morgan fingerprint density at radius 2 is 2.06 bits per heavy atom. The molecule has 1 saturated heterocycles. The van der Waals surface area contributed by atoms with Crippen molar-refractivity contribution < 1.29 is 22.7 Å². The van der Waals surface area contributed by atoms with E-state index in [9.17, 15) is 18.0 Å². The van der Waals surface area contributed by atoms with E-state index in [2.05, 4.69) is 4.74 Å². The highest BCUT2D eigenvalue weighted by Gasteiger charge is 2.34. The first-order valence-electron chi connectivity index (χ1n) is 5.38. The van der Waals surface area contributed by atoms with Gasteiger partial charge < -0.3 is 9.64 Å². The van der Waals surface area contributed by atoms with Gasteiger partial charge in [0.15, 0.2) is 9.84 Å². The number of hydrogen-bond donors (Lipinski definition) is 0. The molecule has 1 atom stereocenters. The van der Waals surface area contributed by atoms with Crippen LogP contribution in [0.5, 0.6) is 0 Å². The van der Waals surface area contributed by atoms with Gasteiger partial charge in [-0.1, -0.05) is 0 Å². The Labute approximate surface area is 101 Å². The zero-order valence-corrected chi connectivity index (χ0v) is 10.8. The maximum absolute atomic E-state index is 11.8. The van der Waals surface area contributed by atoms with Crippen LogP contribution in [0.15, 0.2) is 0 Å². The normalized spacial score (nSPS) is 22.1. The smallest absolute Gasteiger partial charge is 0.307 e. The molecule has 1 amide bonds. The SMILES string of the molecule is COC(=O)CCN(C)C(=O)C1CCS(=O)(=O)C1. The zero-order chi connectivity index (χ0) is 13.1. The van der Waals surface area contributed by atoms with Gasteiger partial charge in [-0.2, -0.15) is 0 Å². The Kier molecular flexibility index (Phi) is 4.50. The number of methoxy groups -OCH3 is 1. The van der Waals surface area contributed by atoms with Crippen LogP contribution in [0.25, 0.3) is 0 Å². The third-order valence-electron chi connectivity index (χ3n) is 2.84. The summed E-state index contributed by atoms with van der Waals surface area (Å²) in [7, 11) is -0.198. The summed E-state index contributed by atoms with van der Waals surface area (Å²) in [5.41, 5.74) is 0. The minimum Gasteiger partial charge on any atom is -0.469 e. The molecule has 1 fully saturated rings. The summed E-state index contributed by atoms with van der Waals surface area (Å²) in [4.78, 5) is 24.1. The van der Waals surface area contributed by atoms with E-state index in [1.165, 1.54) is 12.0 Å². The lowest BCUT2D eigenvalue weighted by molar-refractivity contribution is -0.141. The topological polar surface area (TPSA) is 80.8 Å². The van der Waals surface area contributed by atoms with Crippen LogP contribution in [0.1, 0.15) is 12.8 Å². The van der Waals surface area contributed by atoms with Gasteiger partial charge in [-0.05, 0) is 6.42 Å². The molecule has 0 spiro atoms. The molecule has 0 saturated carbocycles. The second-order valence-corrected chi connectivity index (χ2v) is 6.41. The van der Waals surface area contributed by atoms with Gasteiger partial charge in [-0.15, -0.1) is 0 Å². The van der Waals surface area contributed by atoms with Gasteiger partial charge >= 0.3 is 5.97 Å². The van der Waals surface area contributed by atoms with E-state index >= 15 is 0 Å². The van der Waals surface area contributed by atoms with Crippen molar-refractivity contribution in [3.8, 4) is 0 Å². The first-order chi connectivity index (χ1) is 7.85. The molecule has 0 bridgehead atoms. The van der Waals surface area contributed by atoms with Gasteiger partial charge in [0.2, 0.25) is 5.91 Å². The third kappa shape index (κ3) is 3.99. The molecule has 0 aromatic rings. The number of hydrogen-bond acceptors (Lipinski definition) is 5. The summed E-state index contributed by atoms with van der Waals surface area (Å²) >= 11 is 0. The molecule has 0 aromatic carbocycles. The lowest BCUT2D eigenvalue weighted by Gasteiger charge is -2.19. The Hall–Kier alpha value is -1.11. The molecular weight excluding hydrogens is 246 g/mol. The van der Waals surface area contributed by atoms with Crippen LogP contribution in [-0.2, 0) is 24.2 Å². The number of amides is 1. The number of carbonyl (C=O) groups is 2. The quantitative estimate of drug-likeness (QED) is 0.635. The lowest BCUT2D eigenvalue weighted by atomic mass is 10.1. The number of nitrogens with zero attached hydrogens (tertiary/aromatic N) is 1. The maximum atomic E-state index is 11.8. The number of rotatable bonds is 4. The fourth-order valence-electron chi connectivity index (χ4n) is 1.77. The Balaban J connectivity index is 2.45. The van der Waals surface area contributed by atoms with E-state index in [1.807, 2.05) is 0 Å². The van der Waals surface area contributed by atoms with Crippen molar-refractivity contribution in [3.63, 3.8) is 0 Å². The first-order valence-corrected chi connectivity index (χ1v) is 7.20. The van der Waals surface area contributed by atoms with Crippen molar-refractivity contribution in [2.75, 3.05) is 32.2 Å². The molecule has 98 valence electrons. The van der Waals surface area contributed by atoms with E-state index in [4.69, 9.17) is 0 Å². The highest BCUT2D eigenvalue weighted by Crippen LogP contribution is 2.20. The van der Waals surface area contributed by atoms with Gasteiger partial charge in [-0.25, -0.2) is 8.42 Å². The second kappa shape index (κ2) is 5.48. The average molecular weight is 263 g/mol. The van der Waals surface area contributed by atoms with Gasteiger partial charge in [0, 0.05) is 13.6 Å². The van der Waals surface area contributed by atoms with E-state index < -0.39 is 15.8 Å². The summed E-state index contributed by atoms with van der Waals surface area (Å²) in [5.74, 6) is -1.05. The van der Waals surface area contributed by atoms with Gasteiger partial charge in [0.1, 0.15) is 0 Å². The fraction of sp³-hybridized carbons (Fsp3) is 0.800. The Morgan fingerprint density at radius 3 is 2.53 bits per heavy atom. The van der Waals surface area contributed by atoms with Crippen LogP contribution in [0.3, 0.4) is 0 Å². The van der Waals surface area contributed by atoms with Crippen molar-refractivity contribution in [3.05, 3.63) is 0 Å². The standard InChI is InChI=1S/C10H17NO5S/c1-11(5-3-9(12)16-2)10(13)8-4-6-17(14,15)7-8/h8H,3-7H2,1-2H3. The molecule has 1 heterocycles. The average Bonchev–Trinajstić information content (AvgIpc) is 2.64. The van der Waals surface area contributed by atoms with Gasteiger partial charge in [-0.3, -0.25) is 9.59 Å². The van der Waals surface area contributed by atoms with E-state index in [0.717, 1.165) is 0 Å². The number of sulfone groups is 1. The van der Waals surface area contributed by atoms with Crippen LogP contribution in [0.2, 0.25) is 0 Å². The number of esters is 1. The van der Waals surface area contributed by atoms with Crippen molar-refractivity contribution in [1.29, 1.82) is 0 Å². The molecule has 7 heteroatoms. The van der Waals surface area contributed by atoms with E-state index in [-0.39, 0.29) is 36.3 Å². The van der Waals surface area contributed by atoms with E-state index in [1.54, 1.807) is 7.05 Å². The van der Waals surface area contributed by atoms with Crippen molar-refractivity contribution in [1.82, 2.24) is 4.90 Å². The molecular formula is C10H17NO5S. The van der Waals surface area contributed by atoms with Crippen LogP contribution in [0.4, 0.5) is 0 Å². The monoisotopic (exact) mass is 263 g/mol. The van der Waals surface area contributed by atoms with Crippen molar-refractivity contribution in [2.45, 2.75) is 12.8 Å². The predicted molar refractivity (Wildman–Crippen MR) is 61.0 cm³/mol. The molecule has 1 aliphatic rings. The minimum absolute atomic E-state index is 0.0750. The minimum atomic E-state index is -3.05. The molecule has 0 radical (unpaired) electrons. The van der Waals surface area contributed by atoms with Gasteiger partial charge in [0.25, 0.3) is 0 Å². The van der Waals surface area contributed by atoms with Gasteiger partial charge in [0.05, 0.1) is 31.0 Å². The summed E-state index contributed by atoms with van der Waals surface area (Å²) in [6, 6.07) is 0. The van der Waals surface area contributed by atoms with E-state index in [0.29, 0.717) is 6.42 Å². The van der Waals surface area contributed by atoms with Crippen LogP contribution in [-0.4, -0.2) is 57.4 Å². The van der Waals surface area contributed by atoms with Crippen LogP contribution in [0, 0.1) is 5.92 Å². The van der Waals surface area contributed by atoms with Crippen LogP contribution < -0.4 is 0 Å². The third-order valence-corrected chi connectivity index (χ3v) is 4.60. The fourth-order valence-corrected chi connectivity index (χ4v) is 3.51. The molecule has 0 aliphatic carbocycles. The highest BCUT2D eigenvalue weighted by atomic mass is 32.2. The Bertz CT molecular complexity index is 403. The number of carbonyl (C=O) groups excluding carboxylic acids is 2. The maximum Gasteiger partial charge on any atom is 0.307 e. The molecule has 1 unspecified atom stereocenters. The summed E-state index contributed by atoms with van der Waals surface area (Å²) in [5, 5.41) is 0. The number of ether oxygens (including phenoxy) is 1. The summed E-state index contributed by atoms with van der Waals surface area (Å²) in [6.07, 6.45) is 0.502. The summed E-state index contributed by atoms with van der Waals surface area (Å²) < 4.78 is 26.9. The largest absolute Gasteiger partial charge is 0.469 e. The molecule has 17 heavy (non-hydrogen) atoms. The second-order valence-electron chi connectivity index (χ2n) is 4.19. The molecule has 0 N–H and O–H groups in total. The predicted octanol–water partition coefficient (Wildman–Crippen LogP) is -0.557. The first kappa shape index (κ1) is 14.0. The van der Waals surface area contributed by atoms with Crippen molar-refractivity contribution >= 4 is 21.7 Å². The Morgan fingerprint density at radius 1 is 1.41 bits per heavy atom. The highest BCUT2D eigenvalue weighted by molar-refractivity contribution is 7.91. The summed E-state index contributed by atoms with van der Waals surface area (Å²) in [6.45, 7) is 0.252. The van der Waals surface area contributed by atoms with Crippen molar-refractivity contribution in [2.24, 2.45) is 5.92 Å². The van der Waals surface area contributed by atoms with Crippen LogP contribution >= 0.6 is 0 Å². The molecule has 0 aromatic heterocycles.